The quantitative estimate of drug-likeness (QED) is 0.435. The van der Waals surface area contributed by atoms with E-state index in [4.69, 9.17) is 4.74 Å². The molecule has 4 nitrogen and oxygen atoms in total. The highest BCUT2D eigenvalue weighted by molar-refractivity contribution is 9.10. The smallest absolute Gasteiger partial charge is 0.130 e. The summed E-state index contributed by atoms with van der Waals surface area (Å²) >= 11 is 3.28. The zero-order chi connectivity index (χ0) is 22.6. The molecule has 2 aromatic rings. The number of hydrogen-bond acceptors (Lipinski definition) is 4. The molecule has 8 heteroatoms. The van der Waals surface area contributed by atoms with Gasteiger partial charge in [-0.25, -0.2) is 4.39 Å². The first-order valence-electron chi connectivity index (χ1n) is 11.7. The fourth-order valence-electron chi connectivity index (χ4n) is 4.98. The molecule has 4 rings (SSSR count). The van der Waals surface area contributed by atoms with Gasteiger partial charge in [-0.1, -0.05) is 53.4 Å². The van der Waals surface area contributed by atoms with E-state index in [2.05, 4.69) is 44.9 Å². The van der Waals surface area contributed by atoms with Crippen LogP contribution in [0.3, 0.4) is 0 Å². The van der Waals surface area contributed by atoms with E-state index in [9.17, 15) is 9.50 Å². The Morgan fingerprint density at radius 1 is 1.00 bits per heavy atom. The van der Waals surface area contributed by atoms with Crippen molar-refractivity contribution in [1.82, 2.24) is 9.80 Å². The number of nitrogens with zero attached hydrogens (tertiary/aromatic N) is 2. The van der Waals surface area contributed by atoms with Gasteiger partial charge < -0.3 is 19.6 Å². The molecular weight excluding hydrogens is 542 g/mol. The number of rotatable bonds is 7. The average Bonchev–Trinajstić information content (AvgIpc) is 2.79. The summed E-state index contributed by atoms with van der Waals surface area (Å²) in [7, 11) is 2.17. The number of benzene rings is 2. The van der Waals surface area contributed by atoms with E-state index in [1.165, 1.54) is 12.5 Å². The van der Waals surface area contributed by atoms with Crippen LogP contribution in [0.4, 0.5) is 4.39 Å². The second-order valence-corrected chi connectivity index (χ2v) is 10.3. The minimum absolute atomic E-state index is 0. The maximum Gasteiger partial charge on any atom is 0.130 e. The fraction of sp³-hybridized carbons (Fsp3) is 0.538. The summed E-state index contributed by atoms with van der Waals surface area (Å²) in [5.41, 5.74) is 1.04. The van der Waals surface area contributed by atoms with Gasteiger partial charge in [-0.05, 0) is 49.7 Å². The van der Waals surface area contributed by atoms with Gasteiger partial charge in [-0.15, -0.1) is 24.8 Å². The molecule has 190 valence electrons. The Morgan fingerprint density at radius 3 is 2.26 bits per heavy atom. The summed E-state index contributed by atoms with van der Waals surface area (Å²) in [4.78, 5) is 4.86. The zero-order valence-electron chi connectivity index (χ0n) is 19.7. The lowest BCUT2D eigenvalue weighted by atomic mass is 9.72. The molecule has 34 heavy (non-hydrogen) atoms. The van der Waals surface area contributed by atoms with Crippen molar-refractivity contribution in [3.63, 3.8) is 0 Å². The Hall–Kier alpha value is -0.890. The van der Waals surface area contributed by atoms with E-state index in [-0.39, 0.29) is 43.2 Å². The predicted molar refractivity (Wildman–Crippen MR) is 144 cm³/mol. The van der Waals surface area contributed by atoms with Crippen molar-refractivity contribution < 1.29 is 14.2 Å². The second-order valence-electron chi connectivity index (χ2n) is 9.41. The molecular formula is C26H36BrCl2FN2O2. The van der Waals surface area contributed by atoms with Crippen LogP contribution in [-0.2, 0) is 6.61 Å². The van der Waals surface area contributed by atoms with E-state index in [0.29, 0.717) is 11.3 Å². The largest absolute Gasteiger partial charge is 0.489 e. The molecule has 1 atom stereocenters. The molecule has 1 saturated carbocycles. The summed E-state index contributed by atoms with van der Waals surface area (Å²) in [6, 6.07) is 13.1. The number of aliphatic hydroxyl groups is 1. The van der Waals surface area contributed by atoms with E-state index in [0.717, 1.165) is 68.4 Å². The van der Waals surface area contributed by atoms with Crippen LogP contribution in [0.2, 0.25) is 0 Å². The molecule has 2 fully saturated rings. The molecule has 1 heterocycles. The van der Waals surface area contributed by atoms with Crippen molar-refractivity contribution in [2.75, 3.05) is 39.8 Å². The summed E-state index contributed by atoms with van der Waals surface area (Å²) in [6.07, 6.45) is 5.13. The standard InChI is InChI=1S/C26H34BrFN2O2.2ClH/c1-29-13-15-30(16-14-29)18-24(26(31)11-3-2-4-12-26)20-6-9-23(10-7-20)32-19-21-5-8-22(27)17-25(21)28;;/h5-10,17,24,31H,2-4,11-16,18-19H2,1H3;2*1H. The molecule has 2 aromatic carbocycles. The number of likely N-dealkylation sites (N-methyl/N-ethyl adjacent to an activating group) is 1. The van der Waals surface area contributed by atoms with Crippen molar-refractivity contribution >= 4 is 40.7 Å². The van der Waals surface area contributed by atoms with Crippen LogP contribution in [0.15, 0.2) is 46.9 Å². The molecule has 0 radical (unpaired) electrons. The summed E-state index contributed by atoms with van der Waals surface area (Å²) in [5.74, 6) is 0.525. The van der Waals surface area contributed by atoms with Crippen molar-refractivity contribution in [2.24, 2.45) is 0 Å². The van der Waals surface area contributed by atoms with Crippen LogP contribution in [0.1, 0.15) is 49.1 Å². The summed E-state index contributed by atoms with van der Waals surface area (Å²) in [5, 5.41) is 11.6. The van der Waals surface area contributed by atoms with Gasteiger partial charge >= 0.3 is 0 Å². The van der Waals surface area contributed by atoms with Crippen molar-refractivity contribution in [3.8, 4) is 5.75 Å². The van der Waals surface area contributed by atoms with E-state index in [1.807, 2.05) is 18.2 Å². The topological polar surface area (TPSA) is 35.9 Å². The molecule has 0 spiro atoms. The highest BCUT2D eigenvalue weighted by Crippen LogP contribution is 2.41. The highest BCUT2D eigenvalue weighted by Gasteiger charge is 2.39. The van der Waals surface area contributed by atoms with Crippen molar-refractivity contribution in [3.05, 3.63) is 63.9 Å². The third kappa shape index (κ3) is 7.55. The highest BCUT2D eigenvalue weighted by atomic mass is 79.9. The normalized spacial score (nSPS) is 19.5. The molecule has 1 saturated heterocycles. The van der Waals surface area contributed by atoms with Crippen LogP contribution >= 0.6 is 40.7 Å². The Bertz CT molecular complexity index is 889. The number of piperazine rings is 1. The molecule has 0 bridgehead atoms. The van der Waals surface area contributed by atoms with Gasteiger partial charge in [-0.2, -0.15) is 0 Å². The molecule has 1 aliphatic carbocycles. The lowest BCUT2D eigenvalue weighted by Gasteiger charge is -2.43. The molecule has 1 aliphatic heterocycles. The second kappa shape index (κ2) is 13.4. The summed E-state index contributed by atoms with van der Waals surface area (Å²) in [6.45, 7) is 5.31. The monoisotopic (exact) mass is 576 g/mol. The molecule has 0 amide bonds. The van der Waals surface area contributed by atoms with Crippen LogP contribution in [0, 0.1) is 5.82 Å². The zero-order valence-corrected chi connectivity index (χ0v) is 22.9. The number of halogens is 4. The number of ether oxygens (including phenoxy) is 1. The Morgan fingerprint density at radius 2 is 1.65 bits per heavy atom. The lowest BCUT2D eigenvalue weighted by Crippen LogP contribution is -2.50. The van der Waals surface area contributed by atoms with Gasteiger partial charge in [0.1, 0.15) is 18.2 Å². The van der Waals surface area contributed by atoms with Gasteiger partial charge in [0.05, 0.1) is 5.60 Å². The maximum atomic E-state index is 14.1. The minimum atomic E-state index is -0.648. The van der Waals surface area contributed by atoms with Crippen LogP contribution in [0.25, 0.3) is 0 Å². The van der Waals surface area contributed by atoms with Gasteiger partial charge in [0, 0.05) is 48.7 Å². The van der Waals surface area contributed by atoms with E-state index >= 15 is 0 Å². The molecule has 1 unspecified atom stereocenters. The van der Waals surface area contributed by atoms with Gasteiger partial charge in [0.2, 0.25) is 0 Å². The maximum absolute atomic E-state index is 14.1. The van der Waals surface area contributed by atoms with E-state index < -0.39 is 5.60 Å². The van der Waals surface area contributed by atoms with Crippen molar-refractivity contribution in [2.45, 2.75) is 50.2 Å². The third-order valence-electron chi connectivity index (χ3n) is 7.10. The van der Waals surface area contributed by atoms with Gasteiger partial charge in [0.25, 0.3) is 0 Å². The summed E-state index contributed by atoms with van der Waals surface area (Å²) < 4.78 is 20.6. The van der Waals surface area contributed by atoms with E-state index in [1.54, 1.807) is 6.07 Å². The SMILES string of the molecule is CN1CCN(CC(c2ccc(OCc3ccc(Br)cc3F)cc2)C2(O)CCCCC2)CC1.Cl.Cl. The Labute approximate surface area is 223 Å². The van der Waals surface area contributed by atoms with Crippen LogP contribution < -0.4 is 4.74 Å². The first-order chi connectivity index (χ1) is 15.4. The predicted octanol–water partition coefficient (Wildman–Crippen LogP) is 6.04. The third-order valence-corrected chi connectivity index (χ3v) is 7.59. The fourth-order valence-corrected chi connectivity index (χ4v) is 5.32. The van der Waals surface area contributed by atoms with Gasteiger partial charge in [-0.3, -0.25) is 0 Å². The van der Waals surface area contributed by atoms with Gasteiger partial charge in [0.15, 0.2) is 0 Å². The van der Waals surface area contributed by atoms with Crippen LogP contribution in [-0.4, -0.2) is 60.3 Å². The van der Waals surface area contributed by atoms with Crippen LogP contribution in [0.5, 0.6) is 5.75 Å². The molecule has 1 N–H and O–H groups in total. The number of hydrogen-bond donors (Lipinski definition) is 1. The molecule has 2 aliphatic rings. The minimum Gasteiger partial charge on any atom is -0.489 e. The Kier molecular flexibility index (Phi) is 11.6. The lowest BCUT2D eigenvalue weighted by molar-refractivity contribution is -0.0337. The first-order valence-corrected chi connectivity index (χ1v) is 12.5. The Balaban J connectivity index is 0.00000204. The first kappa shape index (κ1) is 29.3. The van der Waals surface area contributed by atoms with Crippen molar-refractivity contribution in [1.29, 1.82) is 0 Å². The average molecular weight is 578 g/mol. The molecule has 0 aromatic heterocycles.